The minimum absolute atomic E-state index is 0. The van der Waals surface area contributed by atoms with Gasteiger partial charge in [0.05, 0.1) is 6.54 Å². The molecule has 0 saturated carbocycles. The number of guanidine groups is 1. The summed E-state index contributed by atoms with van der Waals surface area (Å²) in [5, 5.41) is 3.35. The van der Waals surface area contributed by atoms with Crippen molar-refractivity contribution in [2.24, 2.45) is 4.99 Å². The second-order valence-corrected chi connectivity index (χ2v) is 6.94. The molecule has 1 fully saturated rings. The summed E-state index contributed by atoms with van der Waals surface area (Å²) in [6.07, 6.45) is 1.75. The zero-order valence-corrected chi connectivity index (χ0v) is 19.9. The molecule has 0 bridgehead atoms. The number of piperazine rings is 1. The number of halogens is 1. The lowest BCUT2D eigenvalue weighted by molar-refractivity contribution is -0.130. The van der Waals surface area contributed by atoms with Gasteiger partial charge in [-0.15, -0.1) is 24.0 Å². The number of carbonyl (C=O) groups is 1. The van der Waals surface area contributed by atoms with Crippen LogP contribution >= 0.6 is 24.0 Å². The van der Waals surface area contributed by atoms with Gasteiger partial charge in [0.1, 0.15) is 6.61 Å². The molecule has 1 amide bonds. The number of carbonyl (C=O) groups excluding carboxylic acids is 1. The van der Waals surface area contributed by atoms with E-state index in [4.69, 9.17) is 9.73 Å². The number of aliphatic imine (C=N–C) groups is 1. The summed E-state index contributed by atoms with van der Waals surface area (Å²) in [5.41, 5.74) is 2.15. The lowest BCUT2D eigenvalue weighted by atomic mass is 10.2. The smallest absolute Gasteiger partial charge is 0.219 e. The van der Waals surface area contributed by atoms with E-state index < -0.39 is 0 Å². The van der Waals surface area contributed by atoms with E-state index in [1.165, 1.54) is 0 Å². The molecule has 1 saturated heterocycles. The third-order valence-corrected chi connectivity index (χ3v) is 4.80. The van der Waals surface area contributed by atoms with E-state index in [0.29, 0.717) is 19.0 Å². The lowest BCUT2D eigenvalue weighted by Gasteiger charge is -2.36. The van der Waals surface area contributed by atoms with E-state index in [0.717, 1.165) is 49.8 Å². The van der Waals surface area contributed by atoms with Crippen molar-refractivity contribution in [2.75, 3.05) is 32.7 Å². The first-order valence-corrected chi connectivity index (χ1v) is 10.1. The van der Waals surface area contributed by atoms with Gasteiger partial charge in [-0.3, -0.25) is 4.79 Å². The first-order valence-electron chi connectivity index (χ1n) is 10.1. The van der Waals surface area contributed by atoms with Crippen molar-refractivity contribution >= 4 is 35.8 Å². The Morgan fingerprint density at radius 1 is 1.10 bits per heavy atom. The summed E-state index contributed by atoms with van der Waals surface area (Å²) >= 11 is 0. The van der Waals surface area contributed by atoms with Crippen LogP contribution in [0.1, 0.15) is 25.0 Å². The van der Waals surface area contributed by atoms with Gasteiger partial charge in [0.2, 0.25) is 11.8 Å². The number of nitrogens with one attached hydrogen (secondary N) is 1. The Kier molecular flexibility index (Phi) is 9.85. The van der Waals surface area contributed by atoms with Crippen LogP contribution in [-0.2, 0) is 17.9 Å². The molecule has 0 spiro atoms. The maximum absolute atomic E-state index is 11.5. The number of benzene rings is 1. The van der Waals surface area contributed by atoms with E-state index in [1.807, 2.05) is 47.4 Å². The molecule has 30 heavy (non-hydrogen) atoms. The molecule has 162 valence electrons. The molecule has 0 atom stereocenters. The molecule has 2 aromatic rings. The van der Waals surface area contributed by atoms with Gasteiger partial charge in [-0.25, -0.2) is 9.98 Å². The number of aromatic nitrogens is 1. The average Bonchev–Trinajstić information content (AvgIpc) is 2.76. The van der Waals surface area contributed by atoms with E-state index in [2.05, 4.69) is 22.1 Å². The van der Waals surface area contributed by atoms with Gasteiger partial charge in [-0.05, 0) is 24.1 Å². The lowest BCUT2D eigenvalue weighted by Crippen LogP contribution is -2.53. The van der Waals surface area contributed by atoms with Crippen LogP contribution in [0, 0.1) is 0 Å². The Morgan fingerprint density at radius 2 is 1.80 bits per heavy atom. The Labute approximate surface area is 195 Å². The van der Waals surface area contributed by atoms with Crippen LogP contribution in [0.25, 0.3) is 0 Å². The number of hydrogen-bond acceptors (Lipinski definition) is 4. The van der Waals surface area contributed by atoms with Gasteiger partial charge in [-0.2, -0.15) is 0 Å². The van der Waals surface area contributed by atoms with Gasteiger partial charge in [0.25, 0.3) is 0 Å². The van der Waals surface area contributed by atoms with Crippen molar-refractivity contribution in [2.45, 2.75) is 27.0 Å². The van der Waals surface area contributed by atoms with E-state index in [1.54, 1.807) is 13.1 Å². The Morgan fingerprint density at radius 3 is 2.47 bits per heavy atom. The largest absolute Gasteiger partial charge is 0.473 e. The van der Waals surface area contributed by atoms with Gasteiger partial charge in [0, 0.05) is 51.9 Å². The molecule has 0 unspecified atom stereocenters. The first kappa shape index (κ1) is 23.9. The Balaban J connectivity index is 0.00000320. The summed E-state index contributed by atoms with van der Waals surface area (Å²) in [5.74, 6) is 1.60. The number of amides is 1. The van der Waals surface area contributed by atoms with Crippen LogP contribution in [0.3, 0.4) is 0 Å². The number of pyridine rings is 1. The standard InChI is InChI=1S/C22H29N5O2.HI/c1-3-23-22(27-13-11-26(12-14-27)18(2)28)25-16-20-9-10-24-21(15-20)29-17-19-7-5-4-6-8-19;/h4-10,15H,3,11-14,16-17H2,1-2H3,(H,23,25);1H. The highest BCUT2D eigenvalue weighted by Gasteiger charge is 2.20. The van der Waals surface area contributed by atoms with Crippen molar-refractivity contribution in [1.29, 1.82) is 0 Å². The third-order valence-electron chi connectivity index (χ3n) is 4.80. The predicted molar refractivity (Wildman–Crippen MR) is 129 cm³/mol. The van der Waals surface area contributed by atoms with Crippen molar-refractivity contribution in [1.82, 2.24) is 20.1 Å². The van der Waals surface area contributed by atoms with E-state index in [9.17, 15) is 4.79 Å². The number of rotatable bonds is 6. The quantitative estimate of drug-likeness (QED) is 0.359. The summed E-state index contributed by atoms with van der Waals surface area (Å²) in [6.45, 7) is 8.54. The van der Waals surface area contributed by atoms with Crippen molar-refractivity contribution < 1.29 is 9.53 Å². The van der Waals surface area contributed by atoms with Gasteiger partial charge >= 0.3 is 0 Å². The zero-order chi connectivity index (χ0) is 20.5. The van der Waals surface area contributed by atoms with Crippen molar-refractivity contribution in [3.8, 4) is 5.88 Å². The highest BCUT2D eigenvalue weighted by atomic mass is 127. The maximum Gasteiger partial charge on any atom is 0.219 e. The molecule has 1 aliphatic heterocycles. The van der Waals surface area contributed by atoms with Crippen LogP contribution < -0.4 is 10.1 Å². The van der Waals surface area contributed by atoms with Crippen LogP contribution in [0.4, 0.5) is 0 Å². The zero-order valence-electron chi connectivity index (χ0n) is 17.6. The fourth-order valence-corrected chi connectivity index (χ4v) is 3.18. The number of ether oxygens (including phenoxy) is 1. The van der Waals surface area contributed by atoms with Gasteiger partial charge in [-0.1, -0.05) is 30.3 Å². The topological polar surface area (TPSA) is 70.1 Å². The Hall–Kier alpha value is -2.36. The molecule has 2 heterocycles. The molecular weight excluding hydrogens is 493 g/mol. The van der Waals surface area contributed by atoms with Crippen molar-refractivity contribution in [3.05, 3.63) is 59.8 Å². The first-order chi connectivity index (χ1) is 14.2. The van der Waals surface area contributed by atoms with E-state index in [-0.39, 0.29) is 29.9 Å². The molecule has 7 nitrogen and oxygen atoms in total. The minimum Gasteiger partial charge on any atom is -0.473 e. The number of nitrogens with zero attached hydrogens (tertiary/aromatic N) is 4. The van der Waals surface area contributed by atoms with Crippen LogP contribution in [0.2, 0.25) is 0 Å². The fraction of sp³-hybridized carbons (Fsp3) is 0.409. The SMILES string of the molecule is CCNC(=NCc1ccnc(OCc2ccccc2)c1)N1CCN(C(C)=O)CC1.I. The van der Waals surface area contributed by atoms with Gasteiger partial charge in [0.15, 0.2) is 5.96 Å². The second-order valence-electron chi connectivity index (χ2n) is 6.94. The molecule has 1 N–H and O–H groups in total. The normalized spacial score (nSPS) is 14.1. The summed E-state index contributed by atoms with van der Waals surface area (Å²) in [7, 11) is 0. The molecular formula is C22H30IN5O2. The second kappa shape index (κ2) is 12.4. The highest BCUT2D eigenvalue weighted by Crippen LogP contribution is 2.13. The molecule has 3 rings (SSSR count). The molecule has 1 aromatic carbocycles. The summed E-state index contributed by atoms with van der Waals surface area (Å²) < 4.78 is 5.81. The van der Waals surface area contributed by atoms with Crippen LogP contribution in [-0.4, -0.2) is 59.4 Å². The van der Waals surface area contributed by atoms with E-state index >= 15 is 0 Å². The molecule has 0 aliphatic carbocycles. The molecule has 1 aromatic heterocycles. The highest BCUT2D eigenvalue weighted by molar-refractivity contribution is 14.0. The van der Waals surface area contributed by atoms with Crippen LogP contribution in [0.15, 0.2) is 53.7 Å². The Bertz CT molecular complexity index is 823. The van der Waals surface area contributed by atoms with Gasteiger partial charge < -0.3 is 19.9 Å². The average molecular weight is 523 g/mol. The third kappa shape index (κ3) is 7.16. The molecule has 0 radical (unpaired) electrons. The minimum atomic E-state index is 0. The fourth-order valence-electron chi connectivity index (χ4n) is 3.18. The summed E-state index contributed by atoms with van der Waals surface area (Å²) in [6, 6.07) is 13.9. The summed E-state index contributed by atoms with van der Waals surface area (Å²) in [4.78, 5) is 24.7. The van der Waals surface area contributed by atoms with Crippen LogP contribution in [0.5, 0.6) is 5.88 Å². The number of hydrogen-bond donors (Lipinski definition) is 1. The maximum atomic E-state index is 11.5. The predicted octanol–water partition coefficient (Wildman–Crippen LogP) is 2.91. The monoisotopic (exact) mass is 523 g/mol. The van der Waals surface area contributed by atoms with Crippen molar-refractivity contribution in [3.63, 3.8) is 0 Å². The molecule has 1 aliphatic rings. The molecule has 8 heteroatoms.